The first-order valence-corrected chi connectivity index (χ1v) is 9.61. The first-order valence-electron chi connectivity index (χ1n) is 9.61. The number of carbonyl (C=O) groups excluding carboxylic acids is 3. The summed E-state index contributed by atoms with van der Waals surface area (Å²) in [6.45, 7) is 8.89. The molecular formula is C21H27N3O4. The third-order valence-corrected chi connectivity index (χ3v) is 5.19. The number of nitrogens with one attached hydrogen (secondary N) is 1. The van der Waals surface area contributed by atoms with Crippen molar-refractivity contribution in [2.45, 2.75) is 38.6 Å². The molecule has 0 spiro atoms. The monoisotopic (exact) mass is 385 g/mol. The average Bonchev–Trinajstić information content (AvgIpc) is 2.91. The van der Waals surface area contributed by atoms with Gasteiger partial charge in [-0.25, -0.2) is 4.79 Å². The van der Waals surface area contributed by atoms with E-state index in [-0.39, 0.29) is 12.5 Å². The van der Waals surface area contributed by atoms with Gasteiger partial charge in [-0.3, -0.25) is 14.5 Å². The molecule has 1 unspecified atom stereocenters. The zero-order valence-corrected chi connectivity index (χ0v) is 16.5. The summed E-state index contributed by atoms with van der Waals surface area (Å²) in [5.41, 5.74) is 0.344. The highest BCUT2D eigenvalue weighted by atomic mass is 16.5. The van der Waals surface area contributed by atoms with E-state index < -0.39 is 17.5 Å². The number of benzene rings is 1. The number of urea groups is 1. The number of hydrogen-bond acceptors (Lipinski definition) is 4. The number of imide groups is 1. The van der Waals surface area contributed by atoms with Crippen molar-refractivity contribution in [3.8, 4) is 5.75 Å². The van der Waals surface area contributed by atoms with Gasteiger partial charge in [0.15, 0.2) is 0 Å². The topological polar surface area (TPSA) is 79.0 Å². The van der Waals surface area contributed by atoms with Crippen molar-refractivity contribution < 1.29 is 19.1 Å². The predicted octanol–water partition coefficient (Wildman–Crippen LogP) is 2.42. The number of nitrogens with zero attached hydrogens (tertiary/aromatic N) is 2. The van der Waals surface area contributed by atoms with Crippen LogP contribution >= 0.6 is 0 Å². The SMILES string of the molecule is C=C(C)COc1ccc(C2(C)NC(=O)N(CC(=O)N3CCCCC3)C2=O)cc1. The van der Waals surface area contributed by atoms with Crippen LogP contribution in [0.15, 0.2) is 36.4 Å². The number of hydrogen-bond donors (Lipinski definition) is 1. The largest absolute Gasteiger partial charge is 0.489 e. The Labute approximate surface area is 165 Å². The van der Waals surface area contributed by atoms with Crippen LogP contribution in [-0.2, 0) is 15.1 Å². The number of carbonyl (C=O) groups is 3. The molecule has 2 saturated heterocycles. The van der Waals surface area contributed by atoms with Crippen molar-refractivity contribution in [2.24, 2.45) is 0 Å². The summed E-state index contributed by atoms with van der Waals surface area (Å²) in [4.78, 5) is 40.6. The molecule has 1 aromatic rings. The van der Waals surface area contributed by atoms with Crippen LogP contribution in [0.5, 0.6) is 5.75 Å². The summed E-state index contributed by atoms with van der Waals surface area (Å²) in [6, 6.07) is 6.47. The van der Waals surface area contributed by atoms with Gasteiger partial charge in [0, 0.05) is 13.1 Å². The highest BCUT2D eigenvalue weighted by molar-refractivity contribution is 6.09. The number of amides is 4. The highest BCUT2D eigenvalue weighted by Crippen LogP contribution is 2.30. The van der Waals surface area contributed by atoms with E-state index in [1.165, 1.54) is 0 Å². The molecule has 7 nitrogen and oxygen atoms in total. The van der Waals surface area contributed by atoms with E-state index in [9.17, 15) is 14.4 Å². The molecule has 1 N–H and O–H groups in total. The second-order valence-corrected chi connectivity index (χ2v) is 7.66. The van der Waals surface area contributed by atoms with Gasteiger partial charge in [0.05, 0.1) is 0 Å². The van der Waals surface area contributed by atoms with Crippen LogP contribution in [0.3, 0.4) is 0 Å². The van der Waals surface area contributed by atoms with Crippen molar-refractivity contribution in [3.63, 3.8) is 0 Å². The van der Waals surface area contributed by atoms with Crippen molar-refractivity contribution in [1.82, 2.24) is 15.1 Å². The van der Waals surface area contributed by atoms with Gasteiger partial charge in [-0.15, -0.1) is 0 Å². The lowest BCUT2D eigenvalue weighted by atomic mass is 9.92. The van der Waals surface area contributed by atoms with E-state index in [1.807, 2.05) is 6.92 Å². The average molecular weight is 385 g/mol. The molecule has 2 heterocycles. The smallest absolute Gasteiger partial charge is 0.325 e. The standard InChI is InChI=1S/C21H27N3O4/c1-15(2)14-28-17-9-7-16(8-10-17)21(3)19(26)24(20(27)22-21)13-18(25)23-11-5-4-6-12-23/h7-10H,1,4-6,11-14H2,2-3H3,(H,22,27). The van der Waals surface area contributed by atoms with Gasteiger partial charge in [0.2, 0.25) is 5.91 Å². The van der Waals surface area contributed by atoms with E-state index in [4.69, 9.17) is 4.74 Å². The van der Waals surface area contributed by atoms with Crippen molar-refractivity contribution in [3.05, 3.63) is 42.0 Å². The molecule has 1 atom stereocenters. The fourth-order valence-electron chi connectivity index (χ4n) is 3.51. The molecule has 0 aromatic heterocycles. The Morgan fingerprint density at radius 2 is 1.82 bits per heavy atom. The summed E-state index contributed by atoms with van der Waals surface area (Å²) < 4.78 is 5.57. The molecule has 3 rings (SSSR count). The van der Waals surface area contributed by atoms with Crippen LogP contribution < -0.4 is 10.1 Å². The van der Waals surface area contributed by atoms with Gasteiger partial charge < -0.3 is 15.0 Å². The molecule has 7 heteroatoms. The normalized spacial score (nSPS) is 22.2. The maximum atomic E-state index is 13.0. The predicted molar refractivity (Wildman–Crippen MR) is 105 cm³/mol. The molecule has 1 aromatic carbocycles. The van der Waals surface area contributed by atoms with E-state index in [0.717, 1.165) is 29.7 Å². The van der Waals surface area contributed by atoms with Crippen LogP contribution in [0.1, 0.15) is 38.7 Å². The van der Waals surface area contributed by atoms with Gasteiger partial charge >= 0.3 is 6.03 Å². The van der Waals surface area contributed by atoms with E-state index in [1.54, 1.807) is 36.1 Å². The molecule has 2 aliphatic heterocycles. The van der Waals surface area contributed by atoms with Gasteiger partial charge in [-0.1, -0.05) is 18.7 Å². The third kappa shape index (κ3) is 4.03. The molecule has 0 radical (unpaired) electrons. The second kappa shape index (κ2) is 8.04. The zero-order valence-electron chi connectivity index (χ0n) is 16.5. The number of rotatable bonds is 6. The lowest BCUT2D eigenvalue weighted by Crippen LogP contribution is -2.45. The van der Waals surface area contributed by atoms with E-state index in [2.05, 4.69) is 11.9 Å². The van der Waals surface area contributed by atoms with Gasteiger partial charge in [0.1, 0.15) is 24.4 Å². The molecular weight excluding hydrogens is 358 g/mol. The number of likely N-dealkylation sites (tertiary alicyclic amines) is 1. The second-order valence-electron chi connectivity index (χ2n) is 7.66. The Kier molecular flexibility index (Phi) is 5.72. The molecule has 2 aliphatic rings. The van der Waals surface area contributed by atoms with Gasteiger partial charge in [0.25, 0.3) is 5.91 Å². The Morgan fingerprint density at radius 1 is 1.18 bits per heavy atom. The first kappa shape index (κ1) is 19.9. The minimum absolute atomic E-state index is 0.184. The number of ether oxygens (including phenoxy) is 1. The number of piperidine rings is 1. The maximum absolute atomic E-state index is 13.0. The summed E-state index contributed by atoms with van der Waals surface area (Å²) in [5.74, 6) is 0.0544. The van der Waals surface area contributed by atoms with Gasteiger partial charge in [-0.05, 0) is 56.4 Å². The summed E-state index contributed by atoms with van der Waals surface area (Å²) >= 11 is 0. The fourth-order valence-corrected chi connectivity index (χ4v) is 3.51. The first-order chi connectivity index (χ1) is 13.3. The molecule has 0 aliphatic carbocycles. The van der Waals surface area contributed by atoms with Crippen LogP contribution in [0.25, 0.3) is 0 Å². The maximum Gasteiger partial charge on any atom is 0.325 e. The summed E-state index contributed by atoms with van der Waals surface area (Å²) in [5, 5.41) is 2.74. The van der Waals surface area contributed by atoms with Gasteiger partial charge in [-0.2, -0.15) is 0 Å². The molecule has 0 bridgehead atoms. The minimum Gasteiger partial charge on any atom is -0.489 e. The summed E-state index contributed by atoms with van der Waals surface area (Å²) in [6.07, 6.45) is 3.03. The molecule has 28 heavy (non-hydrogen) atoms. The zero-order chi connectivity index (χ0) is 20.3. The molecule has 150 valence electrons. The third-order valence-electron chi connectivity index (χ3n) is 5.19. The Bertz CT molecular complexity index is 783. The van der Waals surface area contributed by atoms with Crippen LogP contribution in [0.4, 0.5) is 4.79 Å². The quantitative estimate of drug-likeness (QED) is 0.603. The highest BCUT2D eigenvalue weighted by Gasteiger charge is 2.49. The molecule has 2 fully saturated rings. The minimum atomic E-state index is -1.20. The van der Waals surface area contributed by atoms with E-state index in [0.29, 0.717) is 31.0 Å². The Balaban J connectivity index is 1.70. The fraction of sp³-hybridized carbons (Fsp3) is 0.476. The van der Waals surface area contributed by atoms with Crippen molar-refractivity contribution in [1.29, 1.82) is 0 Å². The van der Waals surface area contributed by atoms with Crippen LogP contribution in [-0.4, -0.2) is 53.9 Å². The molecule has 0 saturated carbocycles. The van der Waals surface area contributed by atoms with E-state index >= 15 is 0 Å². The molecule has 4 amide bonds. The lowest BCUT2D eigenvalue weighted by Gasteiger charge is -2.28. The van der Waals surface area contributed by atoms with Crippen molar-refractivity contribution in [2.75, 3.05) is 26.2 Å². The van der Waals surface area contributed by atoms with Crippen molar-refractivity contribution >= 4 is 17.8 Å². The Morgan fingerprint density at radius 3 is 2.43 bits per heavy atom. The Hall–Kier alpha value is -2.83. The van der Waals surface area contributed by atoms with Crippen LogP contribution in [0.2, 0.25) is 0 Å². The lowest BCUT2D eigenvalue weighted by molar-refractivity contribution is -0.139. The summed E-state index contributed by atoms with van der Waals surface area (Å²) in [7, 11) is 0. The van der Waals surface area contributed by atoms with Crippen LogP contribution in [0, 0.1) is 0 Å².